The molecule has 5 aromatic rings. The summed E-state index contributed by atoms with van der Waals surface area (Å²) in [7, 11) is 0. The van der Waals surface area contributed by atoms with E-state index in [1.165, 1.54) is 6.08 Å². The normalized spacial score (nSPS) is 11.1. The van der Waals surface area contributed by atoms with Crippen LogP contribution in [0.2, 0.25) is 0 Å². The van der Waals surface area contributed by atoms with Gasteiger partial charge in [0.1, 0.15) is 0 Å². The first-order valence-electron chi connectivity index (χ1n) is 10.7. The van der Waals surface area contributed by atoms with Crippen molar-refractivity contribution in [2.75, 3.05) is 0 Å². The van der Waals surface area contributed by atoms with Gasteiger partial charge in [0, 0.05) is 41.4 Å². The Morgan fingerprint density at radius 3 is 2.44 bits per heavy atom. The molecule has 2 aromatic carbocycles. The second-order valence-electron chi connectivity index (χ2n) is 7.38. The number of nitrogens with zero attached hydrogens (tertiary/aromatic N) is 5. The number of carbonyl (C=O) groups is 1. The van der Waals surface area contributed by atoms with Crippen molar-refractivity contribution in [1.29, 1.82) is 0 Å². The summed E-state index contributed by atoms with van der Waals surface area (Å²) in [5, 5.41) is 11.5. The Morgan fingerprint density at radius 1 is 0.941 bits per heavy atom. The fourth-order valence-electron chi connectivity index (χ4n) is 3.37. The zero-order valence-electron chi connectivity index (χ0n) is 18.1. The van der Waals surface area contributed by atoms with Gasteiger partial charge in [-0.25, -0.2) is 4.68 Å². The zero-order valence-corrected chi connectivity index (χ0v) is 18.1. The molecule has 0 radical (unpaired) electrons. The molecule has 0 fully saturated rings. The fraction of sp³-hybridized carbons (Fsp3) is 0.0385. The van der Waals surface area contributed by atoms with E-state index in [0.29, 0.717) is 11.7 Å². The molecular weight excluding hydrogens is 428 g/mol. The predicted octanol–water partition coefficient (Wildman–Crippen LogP) is 4.31. The molecule has 1 N–H and O–H groups in total. The highest BCUT2D eigenvalue weighted by Gasteiger charge is 2.12. The zero-order chi connectivity index (χ0) is 23.2. The van der Waals surface area contributed by atoms with Crippen LogP contribution in [0, 0.1) is 0 Å². The number of benzene rings is 2. The lowest BCUT2D eigenvalue weighted by molar-refractivity contribution is -0.116. The van der Waals surface area contributed by atoms with Crippen LogP contribution in [0.1, 0.15) is 11.5 Å². The summed E-state index contributed by atoms with van der Waals surface area (Å²) in [6.45, 7) is 0.121. The van der Waals surface area contributed by atoms with E-state index in [1.54, 1.807) is 35.3 Å². The Morgan fingerprint density at radius 2 is 1.68 bits per heavy atom. The van der Waals surface area contributed by atoms with Crippen LogP contribution in [0.3, 0.4) is 0 Å². The highest BCUT2D eigenvalue weighted by atomic mass is 16.5. The van der Waals surface area contributed by atoms with Gasteiger partial charge in [0.15, 0.2) is 0 Å². The maximum absolute atomic E-state index is 12.5. The third-order valence-electron chi connectivity index (χ3n) is 5.05. The molecule has 0 bridgehead atoms. The first kappa shape index (κ1) is 21.0. The van der Waals surface area contributed by atoms with Crippen molar-refractivity contribution in [3.05, 3.63) is 109 Å². The minimum Gasteiger partial charge on any atom is -0.343 e. The van der Waals surface area contributed by atoms with Gasteiger partial charge in [-0.05, 0) is 30.3 Å². The molecule has 0 atom stereocenters. The predicted molar refractivity (Wildman–Crippen MR) is 127 cm³/mol. The second-order valence-corrected chi connectivity index (χ2v) is 7.38. The van der Waals surface area contributed by atoms with E-state index in [9.17, 15) is 4.79 Å². The van der Waals surface area contributed by atoms with Crippen LogP contribution in [0.15, 0.2) is 102 Å². The summed E-state index contributed by atoms with van der Waals surface area (Å²) >= 11 is 0. The molecular formula is C26H20N6O2. The first-order chi connectivity index (χ1) is 16.8. The Hall–Kier alpha value is -4.85. The lowest BCUT2D eigenvalue weighted by Gasteiger charge is -2.00. The van der Waals surface area contributed by atoms with Crippen LogP contribution in [-0.2, 0) is 11.3 Å². The number of hydrogen-bond donors (Lipinski definition) is 1. The summed E-state index contributed by atoms with van der Waals surface area (Å²) in [6.07, 6.45) is 8.43. The molecule has 34 heavy (non-hydrogen) atoms. The van der Waals surface area contributed by atoms with Gasteiger partial charge in [0.2, 0.25) is 17.6 Å². The van der Waals surface area contributed by atoms with Gasteiger partial charge in [-0.15, -0.1) is 0 Å². The lowest BCUT2D eigenvalue weighted by Crippen LogP contribution is -2.20. The first-order valence-corrected chi connectivity index (χ1v) is 10.7. The van der Waals surface area contributed by atoms with Gasteiger partial charge >= 0.3 is 0 Å². The van der Waals surface area contributed by atoms with E-state index in [1.807, 2.05) is 66.9 Å². The van der Waals surface area contributed by atoms with E-state index in [4.69, 9.17) is 9.62 Å². The van der Waals surface area contributed by atoms with Crippen LogP contribution in [-0.4, -0.2) is 30.8 Å². The molecule has 8 heteroatoms. The molecule has 1 amide bonds. The van der Waals surface area contributed by atoms with Crippen LogP contribution < -0.4 is 5.32 Å². The van der Waals surface area contributed by atoms with Gasteiger partial charge < -0.3 is 9.84 Å². The molecule has 0 unspecified atom stereocenters. The Kier molecular flexibility index (Phi) is 6.02. The van der Waals surface area contributed by atoms with Gasteiger partial charge in [0.05, 0.1) is 17.9 Å². The smallest absolute Gasteiger partial charge is 0.246 e. The maximum Gasteiger partial charge on any atom is 0.246 e. The number of amides is 1. The molecule has 0 aliphatic rings. The molecule has 0 saturated heterocycles. The Labute approximate surface area is 195 Å². The summed E-state index contributed by atoms with van der Waals surface area (Å²) in [5.74, 6) is 0.480. The van der Waals surface area contributed by atoms with Crippen molar-refractivity contribution in [1.82, 2.24) is 30.2 Å². The van der Waals surface area contributed by atoms with E-state index < -0.39 is 0 Å². The van der Waals surface area contributed by atoms with E-state index in [-0.39, 0.29) is 12.5 Å². The van der Waals surface area contributed by atoms with Crippen molar-refractivity contribution in [3.63, 3.8) is 0 Å². The molecule has 0 aliphatic carbocycles. The lowest BCUT2D eigenvalue weighted by atomic mass is 10.1. The molecule has 0 aliphatic heterocycles. The van der Waals surface area contributed by atoms with Crippen LogP contribution >= 0.6 is 0 Å². The van der Waals surface area contributed by atoms with E-state index in [0.717, 1.165) is 28.1 Å². The van der Waals surface area contributed by atoms with E-state index in [2.05, 4.69) is 20.4 Å². The number of carbonyl (C=O) groups excluding carboxylic acids is 1. The number of nitrogens with one attached hydrogen (secondary N) is 1. The maximum atomic E-state index is 12.5. The molecule has 0 spiro atoms. The Bertz CT molecular complexity index is 1410. The van der Waals surface area contributed by atoms with Gasteiger partial charge in [-0.2, -0.15) is 10.1 Å². The van der Waals surface area contributed by atoms with Crippen molar-refractivity contribution in [3.8, 4) is 28.3 Å². The highest BCUT2D eigenvalue weighted by Crippen LogP contribution is 2.24. The minimum absolute atomic E-state index is 0.121. The number of pyridine rings is 1. The molecule has 3 heterocycles. The summed E-state index contributed by atoms with van der Waals surface area (Å²) in [6, 6.07) is 23.3. The van der Waals surface area contributed by atoms with Crippen molar-refractivity contribution in [2.45, 2.75) is 6.54 Å². The Balaban J connectivity index is 1.31. The number of rotatable bonds is 7. The number of para-hydroxylation sites is 1. The fourth-order valence-corrected chi connectivity index (χ4v) is 3.37. The monoisotopic (exact) mass is 448 g/mol. The topological polar surface area (TPSA) is 98.7 Å². The third-order valence-corrected chi connectivity index (χ3v) is 5.05. The summed E-state index contributed by atoms with van der Waals surface area (Å²) in [5.41, 5.74) is 4.30. The van der Waals surface area contributed by atoms with Crippen LogP contribution in [0.4, 0.5) is 0 Å². The number of hydrogen-bond acceptors (Lipinski definition) is 6. The molecule has 3 aromatic heterocycles. The van der Waals surface area contributed by atoms with Crippen molar-refractivity contribution in [2.24, 2.45) is 0 Å². The second kappa shape index (κ2) is 9.74. The average Bonchev–Trinajstić information content (AvgIpc) is 3.55. The third kappa shape index (κ3) is 4.81. The largest absolute Gasteiger partial charge is 0.343 e. The quantitative estimate of drug-likeness (QED) is 0.373. The van der Waals surface area contributed by atoms with Gasteiger partial charge in [-0.3, -0.25) is 9.78 Å². The average molecular weight is 448 g/mol. The number of aromatic nitrogens is 5. The molecule has 0 saturated carbocycles. The molecule has 8 nitrogen and oxygen atoms in total. The van der Waals surface area contributed by atoms with Crippen molar-refractivity contribution < 1.29 is 9.32 Å². The minimum atomic E-state index is -0.282. The van der Waals surface area contributed by atoms with Gasteiger partial charge in [-0.1, -0.05) is 53.7 Å². The van der Waals surface area contributed by atoms with Crippen LogP contribution in [0.25, 0.3) is 34.4 Å². The standard InChI is InChI=1S/C26H20N6O2/c33-23(28-17-24-29-26(31-34-24)20-13-15-27-16-14-20)12-11-21-18-32(22-9-5-2-6-10-22)30-25(21)19-7-3-1-4-8-19/h1-16,18H,17H2,(H,28,33)/b12-11+. The summed E-state index contributed by atoms with van der Waals surface area (Å²) < 4.78 is 7.03. The highest BCUT2D eigenvalue weighted by molar-refractivity contribution is 5.92. The van der Waals surface area contributed by atoms with Crippen LogP contribution in [0.5, 0.6) is 0 Å². The summed E-state index contributed by atoms with van der Waals surface area (Å²) in [4.78, 5) is 20.7. The molecule has 5 rings (SSSR count). The SMILES string of the molecule is O=C(/C=C/c1cn(-c2ccccc2)nc1-c1ccccc1)NCc1nc(-c2ccncc2)no1. The van der Waals surface area contributed by atoms with E-state index >= 15 is 0 Å². The van der Waals surface area contributed by atoms with Crippen molar-refractivity contribution >= 4 is 12.0 Å². The molecule has 166 valence electrons. The van der Waals surface area contributed by atoms with Gasteiger partial charge in [0.25, 0.3) is 0 Å².